The van der Waals surface area contributed by atoms with Crippen LogP contribution in [0.3, 0.4) is 0 Å². The molecule has 7 heteroatoms. The molecule has 7 nitrogen and oxygen atoms in total. The molecule has 94 valence electrons. The van der Waals surface area contributed by atoms with E-state index in [4.69, 9.17) is 0 Å². The number of aryl methyl sites for hydroxylation is 1. The maximum absolute atomic E-state index is 12.2. The van der Waals surface area contributed by atoms with Gasteiger partial charge in [0.2, 0.25) is 5.78 Å². The van der Waals surface area contributed by atoms with E-state index in [0.717, 1.165) is 6.07 Å². The molecule has 0 fully saturated rings. The van der Waals surface area contributed by atoms with E-state index < -0.39 is 16.6 Å². The van der Waals surface area contributed by atoms with Gasteiger partial charge in [-0.05, 0) is 13.0 Å². The van der Waals surface area contributed by atoms with Crippen molar-refractivity contribution >= 4 is 17.4 Å². The number of hydrogen-bond donors (Lipinski definition) is 0. The van der Waals surface area contributed by atoms with Crippen molar-refractivity contribution in [2.75, 3.05) is 0 Å². The summed E-state index contributed by atoms with van der Waals surface area (Å²) >= 11 is 0. The minimum atomic E-state index is -0.607. The van der Waals surface area contributed by atoms with Crippen LogP contribution >= 0.6 is 0 Å². The molecule has 0 radical (unpaired) electrons. The Labute approximate surface area is 106 Å². The van der Waals surface area contributed by atoms with Gasteiger partial charge in [0, 0.05) is 29.6 Å². The average Bonchev–Trinajstić information content (AvgIpc) is 2.77. The van der Waals surface area contributed by atoms with Gasteiger partial charge in [-0.2, -0.15) is 0 Å². The average molecular weight is 257 g/mol. The number of aromatic nitrogens is 2. The lowest BCUT2D eigenvalue weighted by molar-refractivity contribution is -0.384. The molecule has 0 saturated carbocycles. The summed E-state index contributed by atoms with van der Waals surface area (Å²) in [6.45, 7) is 1.66. The van der Waals surface area contributed by atoms with Crippen LogP contribution in [-0.4, -0.2) is 26.2 Å². The zero-order valence-electron chi connectivity index (χ0n) is 9.78. The Hall–Kier alpha value is -2.83. The fraction of sp³-hybridized carbons (Fsp3) is 0.0833. The highest BCUT2D eigenvalue weighted by atomic mass is 16.6. The first kappa shape index (κ1) is 11.3. The van der Waals surface area contributed by atoms with Crippen LogP contribution in [0.1, 0.15) is 32.2 Å². The van der Waals surface area contributed by atoms with Gasteiger partial charge in [-0.3, -0.25) is 24.3 Å². The number of non-ortho nitro benzene ring substituents is 1. The van der Waals surface area contributed by atoms with Crippen molar-refractivity contribution in [1.29, 1.82) is 0 Å². The summed E-state index contributed by atoms with van der Waals surface area (Å²) in [6.07, 6.45) is 1.42. The monoisotopic (exact) mass is 257 g/mol. The summed E-state index contributed by atoms with van der Waals surface area (Å²) in [4.78, 5) is 38.4. The summed E-state index contributed by atoms with van der Waals surface area (Å²) in [6, 6.07) is 3.63. The standard InChI is InChI=1S/C12H7N3O4/c1-6-5-13-11-10(16)9-4-7(15(18)19)2-3-8(9)12(17)14(6)11/h2-5H,1H3. The van der Waals surface area contributed by atoms with Gasteiger partial charge in [-0.1, -0.05) is 0 Å². The fourth-order valence-electron chi connectivity index (χ4n) is 2.11. The van der Waals surface area contributed by atoms with Crippen molar-refractivity contribution in [1.82, 2.24) is 9.55 Å². The first-order valence-corrected chi connectivity index (χ1v) is 5.43. The van der Waals surface area contributed by atoms with Crippen molar-refractivity contribution in [3.8, 4) is 0 Å². The Kier molecular flexibility index (Phi) is 2.12. The first-order valence-electron chi connectivity index (χ1n) is 5.43. The zero-order chi connectivity index (χ0) is 13.7. The lowest BCUT2D eigenvalue weighted by atomic mass is 9.98. The maximum Gasteiger partial charge on any atom is 0.270 e. The van der Waals surface area contributed by atoms with Crippen LogP contribution in [0.4, 0.5) is 5.69 Å². The van der Waals surface area contributed by atoms with E-state index in [1.807, 2.05) is 0 Å². The third-order valence-electron chi connectivity index (χ3n) is 3.03. The molecule has 0 saturated heterocycles. The van der Waals surface area contributed by atoms with Gasteiger partial charge in [0.05, 0.1) is 10.5 Å². The molecule has 0 N–H and O–H groups in total. The van der Waals surface area contributed by atoms with Crippen LogP contribution in [0.5, 0.6) is 0 Å². The van der Waals surface area contributed by atoms with Crippen LogP contribution in [-0.2, 0) is 0 Å². The van der Waals surface area contributed by atoms with E-state index in [2.05, 4.69) is 4.98 Å². The highest BCUT2D eigenvalue weighted by Crippen LogP contribution is 2.26. The van der Waals surface area contributed by atoms with Gasteiger partial charge >= 0.3 is 0 Å². The Morgan fingerprint density at radius 1 is 1.26 bits per heavy atom. The molecule has 3 rings (SSSR count). The van der Waals surface area contributed by atoms with E-state index in [0.29, 0.717) is 5.69 Å². The van der Waals surface area contributed by atoms with E-state index in [1.54, 1.807) is 6.92 Å². The van der Waals surface area contributed by atoms with E-state index in [-0.39, 0.29) is 22.6 Å². The van der Waals surface area contributed by atoms with Crippen molar-refractivity contribution in [3.05, 3.63) is 57.2 Å². The molecule has 0 unspecified atom stereocenters. The maximum atomic E-state index is 12.2. The molecule has 2 aromatic rings. The number of imidazole rings is 1. The van der Waals surface area contributed by atoms with Crippen molar-refractivity contribution in [2.24, 2.45) is 0 Å². The number of rotatable bonds is 1. The summed E-state index contributed by atoms with van der Waals surface area (Å²) < 4.78 is 1.22. The number of nitro groups is 1. The first-order chi connectivity index (χ1) is 9.00. The van der Waals surface area contributed by atoms with Crippen molar-refractivity contribution < 1.29 is 14.5 Å². The summed E-state index contributed by atoms with van der Waals surface area (Å²) in [5.41, 5.74) is 0.510. The summed E-state index contributed by atoms with van der Waals surface area (Å²) in [5, 5.41) is 10.7. The summed E-state index contributed by atoms with van der Waals surface area (Å²) in [7, 11) is 0. The van der Waals surface area contributed by atoms with Gasteiger partial charge in [0.25, 0.3) is 11.6 Å². The third kappa shape index (κ3) is 1.41. The fourth-order valence-corrected chi connectivity index (χ4v) is 2.11. The largest absolute Gasteiger partial charge is 0.285 e. The van der Waals surface area contributed by atoms with Crippen LogP contribution in [0.2, 0.25) is 0 Å². The van der Waals surface area contributed by atoms with E-state index >= 15 is 0 Å². The normalized spacial score (nSPS) is 13.1. The molecule has 0 spiro atoms. The minimum absolute atomic E-state index is 0.00417. The molecule has 1 aliphatic heterocycles. The number of nitrogens with zero attached hydrogens (tertiary/aromatic N) is 3. The highest BCUT2D eigenvalue weighted by Gasteiger charge is 2.33. The number of fused-ring (bicyclic) bond motifs is 2. The van der Waals surface area contributed by atoms with Gasteiger partial charge in [0.1, 0.15) is 0 Å². The molecule has 0 bridgehead atoms. The Morgan fingerprint density at radius 2 is 2.00 bits per heavy atom. The van der Waals surface area contributed by atoms with Gasteiger partial charge in [-0.15, -0.1) is 0 Å². The lowest BCUT2D eigenvalue weighted by Gasteiger charge is -2.16. The van der Waals surface area contributed by atoms with Crippen LogP contribution in [0, 0.1) is 17.0 Å². The number of hydrogen-bond acceptors (Lipinski definition) is 5. The van der Waals surface area contributed by atoms with Crippen LogP contribution in [0.15, 0.2) is 24.4 Å². The Morgan fingerprint density at radius 3 is 2.68 bits per heavy atom. The molecule has 0 atom stereocenters. The predicted octanol–water partition coefficient (Wildman–Crippen LogP) is 1.33. The SMILES string of the molecule is Cc1cnc2n1C(=O)c1ccc([N+](=O)[O-])cc1C2=O. The number of carbonyl (C=O) groups is 2. The molecule has 1 aromatic heterocycles. The molecule has 1 aromatic carbocycles. The summed E-state index contributed by atoms with van der Waals surface area (Å²) in [5.74, 6) is -0.878. The van der Waals surface area contributed by atoms with Gasteiger partial charge < -0.3 is 0 Å². The van der Waals surface area contributed by atoms with Crippen molar-refractivity contribution in [3.63, 3.8) is 0 Å². The minimum Gasteiger partial charge on any atom is -0.285 e. The third-order valence-corrected chi connectivity index (χ3v) is 3.03. The van der Waals surface area contributed by atoms with Gasteiger partial charge in [-0.25, -0.2) is 4.98 Å². The van der Waals surface area contributed by atoms with Crippen LogP contribution in [0.25, 0.3) is 0 Å². The molecule has 2 heterocycles. The molecule has 19 heavy (non-hydrogen) atoms. The molecule has 0 amide bonds. The zero-order valence-corrected chi connectivity index (χ0v) is 9.78. The molecule has 1 aliphatic rings. The topological polar surface area (TPSA) is 95.1 Å². The molecular formula is C12H7N3O4. The van der Waals surface area contributed by atoms with E-state index in [9.17, 15) is 19.7 Å². The number of benzene rings is 1. The van der Waals surface area contributed by atoms with Crippen molar-refractivity contribution in [2.45, 2.75) is 6.92 Å². The number of nitro benzene ring substituents is 1. The highest BCUT2D eigenvalue weighted by molar-refractivity contribution is 6.20. The lowest BCUT2D eigenvalue weighted by Crippen LogP contribution is -2.28. The smallest absolute Gasteiger partial charge is 0.270 e. The second kappa shape index (κ2) is 3.58. The van der Waals surface area contributed by atoms with Crippen LogP contribution < -0.4 is 0 Å². The molecular weight excluding hydrogens is 250 g/mol. The predicted molar refractivity (Wildman–Crippen MR) is 63.2 cm³/mol. The number of ketones is 1. The van der Waals surface area contributed by atoms with E-state index in [1.165, 1.54) is 22.9 Å². The number of carbonyl (C=O) groups excluding carboxylic acids is 2. The second-order valence-corrected chi connectivity index (χ2v) is 4.18. The quantitative estimate of drug-likeness (QED) is 0.484. The molecule has 0 aliphatic carbocycles. The Bertz CT molecular complexity index is 760. The Balaban J connectivity index is 2.28. The second-order valence-electron chi connectivity index (χ2n) is 4.18. The van der Waals surface area contributed by atoms with Gasteiger partial charge in [0.15, 0.2) is 5.82 Å².